The van der Waals surface area contributed by atoms with Crippen molar-refractivity contribution in [2.24, 2.45) is 0 Å². The molecule has 5 nitrogen and oxygen atoms in total. The van der Waals surface area contributed by atoms with Gasteiger partial charge in [-0.05, 0) is 26.7 Å². The first-order chi connectivity index (χ1) is 9.60. The molecule has 118 valence electrons. The molecule has 1 unspecified atom stereocenters. The van der Waals surface area contributed by atoms with Gasteiger partial charge >= 0.3 is 12.1 Å². The zero-order valence-electron chi connectivity index (χ0n) is 13.3. The smallest absolute Gasteiger partial charge is 0.410 e. The molecule has 0 bridgehead atoms. The van der Waals surface area contributed by atoms with Gasteiger partial charge in [0, 0.05) is 12.6 Å². The van der Waals surface area contributed by atoms with Crippen LogP contribution < -0.4 is 0 Å². The van der Waals surface area contributed by atoms with Gasteiger partial charge < -0.3 is 14.4 Å². The van der Waals surface area contributed by atoms with Crippen LogP contribution in [0.2, 0.25) is 0 Å². The minimum Gasteiger partial charge on any atom is -0.466 e. The quantitative estimate of drug-likeness (QED) is 0.578. The van der Waals surface area contributed by atoms with Crippen molar-refractivity contribution in [2.45, 2.75) is 65.8 Å². The molecule has 0 heterocycles. The molecule has 5 heteroatoms. The average molecular weight is 287 g/mol. The number of rotatable bonds is 10. The Balaban J connectivity index is 4.79. The van der Waals surface area contributed by atoms with Crippen molar-refractivity contribution in [3.05, 3.63) is 0 Å². The molecule has 0 aliphatic rings. The second-order valence-electron chi connectivity index (χ2n) is 4.70. The van der Waals surface area contributed by atoms with Gasteiger partial charge in [0.2, 0.25) is 0 Å². The van der Waals surface area contributed by atoms with E-state index >= 15 is 0 Å². The van der Waals surface area contributed by atoms with E-state index in [0.717, 1.165) is 25.7 Å². The number of unbranched alkanes of at least 4 members (excludes halogenated alkanes) is 1. The molecule has 1 atom stereocenters. The molecule has 0 fully saturated rings. The standard InChI is InChI=1S/C15H29NO4/c1-5-9-10-13(12-14(17)19-7-3)16(11-6-2)15(18)20-8-4/h13H,5-12H2,1-4H3. The summed E-state index contributed by atoms with van der Waals surface area (Å²) in [5, 5.41) is 0. The molecule has 20 heavy (non-hydrogen) atoms. The van der Waals surface area contributed by atoms with Crippen LogP contribution in [0.5, 0.6) is 0 Å². The lowest BCUT2D eigenvalue weighted by Crippen LogP contribution is -2.42. The van der Waals surface area contributed by atoms with Crippen molar-refractivity contribution in [1.29, 1.82) is 0 Å². The lowest BCUT2D eigenvalue weighted by Gasteiger charge is -2.30. The highest BCUT2D eigenvalue weighted by Gasteiger charge is 2.26. The lowest BCUT2D eigenvalue weighted by molar-refractivity contribution is -0.144. The fourth-order valence-corrected chi connectivity index (χ4v) is 2.09. The predicted octanol–water partition coefficient (Wildman–Crippen LogP) is 3.37. The molecule has 0 aliphatic carbocycles. The molecule has 0 aromatic carbocycles. The van der Waals surface area contributed by atoms with E-state index in [4.69, 9.17) is 9.47 Å². The van der Waals surface area contributed by atoms with Crippen molar-refractivity contribution < 1.29 is 19.1 Å². The van der Waals surface area contributed by atoms with Crippen LogP contribution in [0.4, 0.5) is 4.79 Å². The molecule has 0 saturated heterocycles. The molecular weight excluding hydrogens is 258 g/mol. The molecule has 1 amide bonds. The topological polar surface area (TPSA) is 55.8 Å². The van der Waals surface area contributed by atoms with E-state index in [1.165, 1.54) is 0 Å². The highest BCUT2D eigenvalue weighted by atomic mass is 16.6. The number of ether oxygens (including phenoxy) is 2. The van der Waals surface area contributed by atoms with Crippen LogP contribution in [0, 0.1) is 0 Å². The fraction of sp³-hybridized carbons (Fsp3) is 0.867. The fourth-order valence-electron chi connectivity index (χ4n) is 2.09. The van der Waals surface area contributed by atoms with Gasteiger partial charge in [0.15, 0.2) is 0 Å². The number of amides is 1. The Morgan fingerprint density at radius 1 is 1.00 bits per heavy atom. The Morgan fingerprint density at radius 2 is 1.65 bits per heavy atom. The number of hydrogen-bond donors (Lipinski definition) is 0. The normalized spacial score (nSPS) is 11.8. The first kappa shape index (κ1) is 18.7. The number of nitrogens with zero attached hydrogens (tertiary/aromatic N) is 1. The van der Waals surface area contributed by atoms with Crippen LogP contribution in [0.15, 0.2) is 0 Å². The van der Waals surface area contributed by atoms with Crippen molar-refractivity contribution >= 4 is 12.1 Å². The number of carbonyl (C=O) groups excluding carboxylic acids is 2. The van der Waals surface area contributed by atoms with E-state index in [2.05, 4.69) is 6.92 Å². The third-order valence-electron chi connectivity index (χ3n) is 3.01. The van der Waals surface area contributed by atoms with Crippen molar-refractivity contribution in [3.8, 4) is 0 Å². The summed E-state index contributed by atoms with van der Waals surface area (Å²) in [4.78, 5) is 25.4. The molecule has 0 aliphatic heterocycles. The van der Waals surface area contributed by atoms with Crippen LogP contribution in [-0.2, 0) is 14.3 Å². The second-order valence-corrected chi connectivity index (χ2v) is 4.70. The summed E-state index contributed by atoms with van der Waals surface area (Å²) >= 11 is 0. The Hall–Kier alpha value is -1.26. The Labute approximate surface area is 122 Å². The van der Waals surface area contributed by atoms with Gasteiger partial charge in [-0.25, -0.2) is 4.79 Å². The SMILES string of the molecule is CCCCC(CC(=O)OCC)N(CCC)C(=O)OCC. The zero-order chi connectivity index (χ0) is 15.4. The predicted molar refractivity (Wildman–Crippen MR) is 78.6 cm³/mol. The number of esters is 1. The Morgan fingerprint density at radius 3 is 2.15 bits per heavy atom. The number of hydrogen-bond acceptors (Lipinski definition) is 4. The lowest BCUT2D eigenvalue weighted by atomic mass is 10.0. The summed E-state index contributed by atoms with van der Waals surface area (Å²) in [5.41, 5.74) is 0. The Bertz CT molecular complexity index is 281. The molecule has 0 radical (unpaired) electrons. The van der Waals surface area contributed by atoms with Gasteiger partial charge in [-0.2, -0.15) is 0 Å². The van der Waals surface area contributed by atoms with E-state index in [9.17, 15) is 9.59 Å². The van der Waals surface area contributed by atoms with Gasteiger partial charge in [-0.3, -0.25) is 4.79 Å². The van der Waals surface area contributed by atoms with Crippen LogP contribution in [0.3, 0.4) is 0 Å². The van der Waals surface area contributed by atoms with Crippen LogP contribution >= 0.6 is 0 Å². The summed E-state index contributed by atoms with van der Waals surface area (Å²) in [7, 11) is 0. The van der Waals surface area contributed by atoms with Gasteiger partial charge in [0.25, 0.3) is 0 Å². The van der Waals surface area contributed by atoms with Crippen molar-refractivity contribution in [2.75, 3.05) is 19.8 Å². The summed E-state index contributed by atoms with van der Waals surface area (Å²) < 4.78 is 10.1. The summed E-state index contributed by atoms with van der Waals surface area (Å²) in [6.45, 7) is 8.99. The van der Waals surface area contributed by atoms with E-state index in [1.807, 2.05) is 6.92 Å². The van der Waals surface area contributed by atoms with E-state index in [0.29, 0.717) is 19.8 Å². The minimum absolute atomic E-state index is 0.131. The molecule has 0 spiro atoms. The van der Waals surface area contributed by atoms with Crippen LogP contribution in [0.25, 0.3) is 0 Å². The monoisotopic (exact) mass is 287 g/mol. The van der Waals surface area contributed by atoms with Gasteiger partial charge in [0.1, 0.15) is 0 Å². The van der Waals surface area contributed by atoms with Gasteiger partial charge in [-0.1, -0.05) is 26.7 Å². The third kappa shape index (κ3) is 7.36. The van der Waals surface area contributed by atoms with E-state index in [-0.39, 0.29) is 24.5 Å². The summed E-state index contributed by atoms with van der Waals surface area (Å²) in [6, 6.07) is -0.131. The first-order valence-corrected chi connectivity index (χ1v) is 7.69. The Kier molecular flexibility index (Phi) is 10.8. The highest BCUT2D eigenvalue weighted by molar-refractivity contribution is 5.72. The number of carbonyl (C=O) groups is 2. The van der Waals surface area contributed by atoms with E-state index < -0.39 is 0 Å². The largest absolute Gasteiger partial charge is 0.466 e. The summed E-state index contributed by atoms with van der Waals surface area (Å²) in [6.07, 6.45) is 3.55. The first-order valence-electron chi connectivity index (χ1n) is 7.69. The molecule has 0 N–H and O–H groups in total. The van der Waals surface area contributed by atoms with Gasteiger partial charge in [-0.15, -0.1) is 0 Å². The third-order valence-corrected chi connectivity index (χ3v) is 3.01. The highest BCUT2D eigenvalue weighted by Crippen LogP contribution is 2.16. The maximum atomic E-state index is 12.0. The average Bonchev–Trinajstić information content (AvgIpc) is 2.41. The summed E-state index contributed by atoms with van der Waals surface area (Å²) in [5.74, 6) is -0.251. The van der Waals surface area contributed by atoms with Crippen LogP contribution in [-0.4, -0.2) is 42.8 Å². The molecule has 0 rings (SSSR count). The maximum absolute atomic E-state index is 12.0. The molecule has 0 aromatic heterocycles. The molecule has 0 saturated carbocycles. The van der Waals surface area contributed by atoms with E-state index in [1.54, 1.807) is 18.7 Å². The molecular formula is C15H29NO4. The van der Waals surface area contributed by atoms with Crippen LogP contribution in [0.1, 0.15) is 59.8 Å². The maximum Gasteiger partial charge on any atom is 0.410 e. The van der Waals surface area contributed by atoms with Crippen molar-refractivity contribution in [3.63, 3.8) is 0 Å². The second kappa shape index (κ2) is 11.6. The molecule has 0 aromatic rings. The minimum atomic E-state index is -0.334. The van der Waals surface area contributed by atoms with Crippen molar-refractivity contribution in [1.82, 2.24) is 4.90 Å². The zero-order valence-corrected chi connectivity index (χ0v) is 13.3. The van der Waals surface area contributed by atoms with Gasteiger partial charge in [0.05, 0.1) is 19.6 Å².